The smallest absolute Gasteiger partial charge is 0.264 e. The molecule has 0 spiro atoms. The normalized spacial score (nSPS) is 17.6. The number of imidazole rings is 1. The third-order valence-electron chi connectivity index (χ3n) is 4.12. The Morgan fingerprint density at radius 1 is 1.52 bits per heavy atom. The van der Waals surface area contributed by atoms with E-state index >= 15 is 0 Å². The zero-order valence-electron chi connectivity index (χ0n) is 13.7. The van der Waals surface area contributed by atoms with Crippen LogP contribution in [0.4, 0.5) is 0 Å². The molecule has 6 heteroatoms. The SMILES string of the molecule is CCCN(Cc1nccn1C)C(=O)c1ccc(C2CCCO2)s1. The van der Waals surface area contributed by atoms with E-state index in [0.29, 0.717) is 6.54 Å². The van der Waals surface area contributed by atoms with Crippen LogP contribution in [0, 0.1) is 0 Å². The monoisotopic (exact) mass is 333 g/mol. The molecule has 23 heavy (non-hydrogen) atoms. The molecule has 0 radical (unpaired) electrons. The molecule has 1 fully saturated rings. The van der Waals surface area contributed by atoms with Crippen molar-refractivity contribution in [3.05, 3.63) is 40.1 Å². The molecular formula is C17H23N3O2S. The van der Waals surface area contributed by atoms with Crippen molar-refractivity contribution in [1.29, 1.82) is 0 Å². The summed E-state index contributed by atoms with van der Waals surface area (Å²) in [7, 11) is 1.96. The van der Waals surface area contributed by atoms with E-state index in [0.717, 1.165) is 43.1 Å². The highest BCUT2D eigenvalue weighted by molar-refractivity contribution is 7.14. The van der Waals surface area contributed by atoms with Crippen molar-refractivity contribution in [3.8, 4) is 0 Å². The van der Waals surface area contributed by atoms with Gasteiger partial charge in [-0.25, -0.2) is 4.98 Å². The third-order valence-corrected chi connectivity index (χ3v) is 5.28. The van der Waals surface area contributed by atoms with Crippen molar-refractivity contribution >= 4 is 17.2 Å². The molecule has 1 aliphatic heterocycles. The Labute approximate surface area is 140 Å². The Hall–Kier alpha value is -1.66. The van der Waals surface area contributed by atoms with E-state index in [1.54, 1.807) is 17.5 Å². The summed E-state index contributed by atoms with van der Waals surface area (Å²) in [4.78, 5) is 21.0. The van der Waals surface area contributed by atoms with Crippen LogP contribution in [0.25, 0.3) is 0 Å². The minimum atomic E-state index is 0.0871. The van der Waals surface area contributed by atoms with Gasteiger partial charge in [-0.05, 0) is 31.4 Å². The molecule has 2 aromatic heterocycles. The zero-order valence-corrected chi connectivity index (χ0v) is 14.5. The molecule has 0 aliphatic carbocycles. The van der Waals surface area contributed by atoms with Gasteiger partial charge >= 0.3 is 0 Å². The Morgan fingerprint density at radius 2 is 2.39 bits per heavy atom. The molecule has 1 aliphatic rings. The molecule has 5 nitrogen and oxygen atoms in total. The van der Waals surface area contributed by atoms with E-state index in [1.165, 1.54) is 4.88 Å². The predicted octanol–water partition coefficient (Wildman–Crippen LogP) is 3.39. The van der Waals surface area contributed by atoms with Crippen LogP contribution in [0.1, 0.15) is 52.7 Å². The van der Waals surface area contributed by atoms with Gasteiger partial charge in [0.15, 0.2) is 0 Å². The molecule has 3 rings (SSSR count). The fourth-order valence-electron chi connectivity index (χ4n) is 2.84. The Balaban J connectivity index is 1.74. The van der Waals surface area contributed by atoms with Gasteiger partial charge < -0.3 is 14.2 Å². The topological polar surface area (TPSA) is 47.4 Å². The summed E-state index contributed by atoms with van der Waals surface area (Å²) in [5, 5.41) is 0. The highest BCUT2D eigenvalue weighted by atomic mass is 32.1. The van der Waals surface area contributed by atoms with Crippen molar-refractivity contribution < 1.29 is 9.53 Å². The van der Waals surface area contributed by atoms with E-state index in [1.807, 2.05) is 34.8 Å². The first-order chi connectivity index (χ1) is 11.2. The van der Waals surface area contributed by atoms with E-state index in [-0.39, 0.29) is 12.0 Å². The number of amides is 1. The molecule has 1 unspecified atom stereocenters. The zero-order chi connectivity index (χ0) is 16.2. The molecule has 0 saturated carbocycles. The fourth-order valence-corrected chi connectivity index (χ4v) is 3.90. The Bertz CT molecular complexity index is 658. The van der Waals surface area contributed by atoms with Crippen LogP contribution in [-0.2, 0) is 18.3 Å². The van der Waals surface area contributed by atoms with Crippen LogP contribution in [-0.4, -0.2) is 33.5 Å². The van der Waals surface area contributed by atoms with Gasteiger partial charge in [-0.2, -0.15) is 0 Å². The Kier molecular flexibility index (Phi) is 5.13. The van der Waals surface area contributed by atoms with E-state index < -0.39 is 0 Å². The van der Waals surface area contributed by atoms with Crippen molar-refractivity contribution in [2.24, 2.45) is 7.05 Å². The van der Waals surface area contributed by atoms with Gasteiger partial charge in [-0.1, -0.05) is 6.92 Å². The second-order valence-corrected chi connectivity index (χ2v) is 7.00. The van der Waals surface area contributed by atoms with Gasteiger partial charge in [-0.15, -0.1) is 11.3 Å². The fraction of sp³-hybridized carbons (Fsp3) is 0.529. The number of hydrogen-bond acceptors (Lipinski definition) is 4. The summed E-state index contributed by atoms with van der Waals surface area (Å²) < 4.78 is 7.67. The lowest BCUT2D eigenvalue weighted by Crippen LogP contribution is -2.31. The molecule has 0 N–H and O–H groups in total. The largest absolute Gasteiger partial charge is 0.373 e. The maximum Gasteiger partial charge on any atom is 0.264 e. The quantitative estimate of drug-likeness (QED) is 0.814. The van der Waals surface area contributed by atoms with Crippen molar-refractivity contribution in [2.75, 3.05) is 13.2 Å². The number of hydrogen-bond donors (Lipinski definition) is 0. The minimum Gasteiger partial charge on any atom is -0.373 e. The van der Waals surface area contributed by atoms with E-state index in [4.69, 9.17) is 4.74 Å². The number of aromatic nitrogens is 2. The number of carbonyl (C=O) groups is 1. The third kappa shape index (κ3) is 3.64. The van der Waals surface area contributed by atoms with Crippen molar-refractivity contribution in [3.63, 3.8) is 0 Å². The molecule has 0 aromatic carbocycles. The number of ether oxygens (including phenoxy) is 1. The first kappa shape index (κ1) is 16.2. The van der Waals surface area contributed by atoms with Gasteiger partial charge in [0.25, 0.3) is 5.91 Å². The lowest BCUT2D eigenvalue weighted by molar-refractivity contribution is 0.0742. The van der Waals surface area contributed by atoms with Crippen molar-refractivity contribution in [2.45, 2.75) is 38.8 Å². The number of aryl methyl sites for hydroxylation is 1. The lowest BCUT2D eigenvalue weighted by Gasteiger charge is -2.21. The van der Waals surface area contributed by atoms with Gasteiger partial charge in [0.1, 0.15) is 5.82 Å². The molecule has 1 amide bonds. The lowest BCUT2D eigenvalue weighted by atomic mass is 10.2. The maximum absolute atomic E-state index is 12.9. The standard InChI is InChI=1S/C17H23N3O2S/c1-3-9-20(12-16-18-8-10-19(16)2)17(21)15-7-6-14(23-15)13-5-4-11-22-13/h6-8,10,13H,3-5,9,11-12H2,1-2H3. The number of nitrogens with zero attached hydrogens (tertiary/aromatic N) is 3. The molecular weight excluding hydrogens is 310 g/mol. The van der Waals surface area contributed by atoms with Crippen LogP contribution in [0.3, 0.4) is 0 Å². The number of carbonyl (C=O) groups excluding carboxylic acids is 1. The predicted molar refractivity (Wildman–Crippen MR) is 90.5 cm³/mol. The van der Waals surface area contributed by atoms with E-state index in [9.17, 15) is 4.79 Å². The maximum atomic E-state index is 12.9. The second-order valence-electron chi connectivity index (χ2n) is 5.88. The van der Waals surface area contributed by atoms with Crippen LogP contribution in [0.2, 0.25) is 0 Å². The van der Waals surface area contributed by atoms with Crippen LogP contribution < -0.4 is 0 Å². The van der Waals surface area contributed by atoms with Gasteiger partial charge in [-0.3, -0.25) is 4.79 Å². The minimum absolute atomic E-state index is 0.0871. The average molecular weight is 333 g/mol. The molecule has 3 heterocycles. The summed E-state index contributed by atoms with van der Waals surface area (Å²) in [5.74, 6) is 0.992. The summed E-state index contributed by atoms with van der Waals surface area (Å²) >= 11 is 1.57. The average Bonchev–Trinajstić information content (AvgIpc) is 3.28. The van der Waals surface area contributed by atoms with E-state index in [2.05, 4.69) is 11.9 Å². The molecule has 1 atom stereocenters. The van der Waals surface area contributed by atoms with Gasteiger partial charge in [0, 0.05) is 37.5 Å². The Morgan fingerprint density at radius 3 is 3.04 bits per heavy atom. The number of rotatable bonds is 6. The van der Waals surface area contributed by atoms with Gasteiger partial charge in [0.2, 0.25) is 0 Å². The summed E-state index contributed by atoms with van der Waals surface area (Å²) in [6.07, 6.45) is 6.94. The molecule has 124 valence electrons. The molecule has 2 aromatic rings. The van der Waals surface area contributed by atoms with Crippen molar-refractivity contribution in [1.82, 2.24) is 14.5 Å². The van der Waals surface area contributed by atoms with Gasteiger partial charge in [0.05, 0.1) is 17.5 Å². The summed E-state index contributed by atoms with van der Waals surface area (Å²) in [6, 6.07) is 3.98. The number of thiophene rings is 1. The second kappa shape index (κ2) is 7.27. The van der Waals surface area contributed by atoms with Crippen LogP contribution >= 0.6 is 11.3 Å². The highest BCUT2D eigenvalue weighted by Gasteiger charge is 2.23. The van der Waals surface area contributed by atoms with Crippen LogP contribution in [0.15, 0.2) is 24.5 Å². The highest BCUT2D eigenvalue weighted by Crippen LogP contribution is 2.33. The molecule has 0 bridgehead atoms. The first-order valence-corrected chi connectivity index (χ1v) is 8.97. The first-order valence-electron chi connectivity index (χ1n) is 8.16. The summed E-state index contributed by atoms with van der Waals surface area (Å²) in [5.41, 5.74) is 0. The van der Waals surface area contributed by atoms with Crippen LogP contribution in [0.5, 0.6) is 0 Å². The molecule has 1 saturated heterocycles. The summed E-state index contributed by atoms with van der Waals surface area (Å²) in [6.45, 7) is 4.19.